The van der Waals surface area contributed by atoms with Crippen LogP contribution in [0.3, 0.4) is 0 Å². The molecule has 0 aliphatic heterocycles. The highest BCUT2D eigenvalue weighted by molar-refractivity contribution is 5.80. The molecule has 1 N–H and O–H groups in total. The van der Waals surface area contributed by atoms with Crippen LogP contribution in [0.15, 0.2) is 18.2 Å². The third-order valence-electron chi connectivity index (χ3n) is 2.64. The number of carbonyl (C=O) groups excluding carboxylic acids is 1. The van der Waals surface area contributed by atoms with Crippen LogP contribution >= 0.6 is 0 Å². The van der Waals surface area contributed by atoms with Crippen LogP contribution in [0.4, 0.5) is 14.5 Å². The maximum absolute atomic E-state index is 12.9. The van der Waals surface area contributed by atoms with Gasteiger partial charge in [0.25, 0.3) is 0 Å². The Bertz CT molecular complexity index is 410. The molecule has 0 aromatic heterocycles. The van der Waals surface area contributed by atoms with Gasteiger partial charge in [-0.2, -0.15) is 0 Å². The lowest BCUT2D eigenvalue weighted by atomic mass is 10.3. The van der Waals surface area contributed by atoms with Crippen LogP contribution in [0.25, 0.3) is 0 Å². The SMILES string of the molecule is CCCCN(C)C(=O)CNc1ccc(F)c(F)c1. The van der Waals surface area contributed by atoms with Crippen molar-refractivity contribution in [2.45, 2.75) is 19.8 Å². The maximum atomic E-state index is 12.9. The summed E-state index contributed by atoms with van der Waals surface area (Å²) in [7, 11) is 1.73. The van der Waals surface area contributed by atoms with Crippen LogP contribution < -0.4 is 5.32 Å². The van der Waals surface area contributed by atoms with Crippen LogP contribution in [0.2, 0.25) is 0 Å². The van der Waals surface area contributed by atoms with Gasteiger partial charge in [0.15, 0.2) is 11.6 Å². The van der Waals surface area contributed by atoms with Gasteiger partial charge in [-0.05, 0) is 18.6 Å². The van der Waals surface area contributed by atoms with E-state index in [9.17, 15) is 13.6 Å². The summed E-state index contributed by atoms with van der Waals surface area (Å²) in [5, 5.41) is 2.77. The Morgan fingerprint density at radius 3 is 2.67 bits per heavy atom. The van der Waals surface area contributed by atoms with Crippen molar-refractivity contribution >= 4 is 11.6 Å². The van der Waals surface area contributed by atoms with E-state index in [-0.39, 0.29) is 12.5 Å². The molecule has 0 atom stereocenters. The number of halogens is 2. The zero-order chi connectivity index (χ0) is 13.5. The van der Waals surface area contributed by atoms with E-state index >= 15 is 0 Å². The molecule has 0 aliphatic carbocycles. The molecule has 3 nitrogen and oxygen atoms in total. The van der Waals surface area contributed by atoms with Crippen molar-refractivity contribution in [1.82, 2.24) is 4.90 Å². The molecule has 0 unspecified atom stereocenters. The van der Waals surface area contributed by atoms with Gasteiger partial charge in [0.1, 0.15) is 0 Å². The molecule has 0 saturated heterocycles. The molecule has 18 heavy (non-hydrogen) atoms. The van der Waals surface area contributed by atoms with Gasteiger partial charge in [-0.15, -0.1) is 0 Å². The average molecular weight is 256 g/mol. The van der Waals surface area contributed by atoms with Crippen molar-refractivity contribution in [3.8, 4) is 0 Å². The smallest absolute Gasteiger partial charge is 0.241 e. The first-order valence-corrected chi connectivity index (χ1v) is 5.97. The Kier molecular flexibility index (Phi) is 5.55. The third kappa shape index (κ3) is 4.31. The molecule has 1 amide bonds. The topological polar surface area (TPSA) is 32.3 Å². The van der Waals surface area contributed by atoms with Crippen LogP contribution in [-0.2, 0) is 4.79 Å². The van der Waals surface area contributed by atoms with Crippen LogP contribution in [0.5, 0.6) is 0 Å². The number of hydrogen-bond donors (Lipinski definition) is 1. The minimum Gasteiger partial charge on any atom is -0.376 e. The number of nitrogens with zero attached hydrogens (tertiary/aromatic N) is 1. The molecule has 0 bridgehead atoms. The Morgan fingerprint density at radius 1 is 1.33 bits per heavy atom. The van der Waals surface area contributed by atoms with E-state index in [0.717, 1.165) is 25.0 Å². The average Bonchev–Trinajstić information content (AvgIpc) is 2.36. The number of carbonyl (C=O) groups is 1. The van der Waals surface area contributed by atoms with Gasteiger partial charge in [-0.25, -0.2) is 8.78 Å². The Labute approximate surface area is 106 Å². The summed E-state index contributed by atoms with van der Waals surface area (Å²) in [4.78, 5) is 13.3. The fourth-order valence-corrected chi connectivity index (χ4v) is 1.44. The number of anilines is 1. The van der Waals surface area contributed by atoms with Crippen molar-refractivity contribution in [3.63, 3.8) is 0 Å². The van der Waals surface area contributed by atoms with Crippen molar-refractivity contribution in [2.75, 3.05) is 25.5 Å². The Hall–Kier alpha value is -1.65. The number of rotatable bonds is 6. The highest BCUT2D eigenvalue weighted by atomic mass is 19.2. The molecule has 0 heterocycles. The molecule has 100 valence electrons. The number of unbranched alkanes of at least 4 members (excludes halogenated alkanes) is 1. The number of benzene rings is 1. The molecule has 0 saturated carbocycles. The van der Waals surface area contributed by atoms with Crippen LogP contribution in [0, 0.1) is 11.6 Å². The lowest BCUT2D eigenvalue weighted by Crippen LogP contribution is -2.32. The van der Waals surface area contributed by atoms with E-state index in [4.69, 9.17) is 0 Å². The van der Waals surface area contributed by atoms with Crippen molar-refractivity contribution in [2.24, 2.45) is 0 Å². The lowest BCUT2D eigenvalue weighted by Gasteiger charge is -2.17. The molecule has 5 heteroatoms. The summed E-state index contributed by atoms with van der Waals surface area (Å²) < 4.78 is 25.6. The van der Waals surface area contributed by atoms with E-state index in [1.54, 1.807) is 11.9 Å². The van der Waals surface area contributed by atoms with Crippen LogP contribution in [0.1, 0.15) is 19.8 Å². The van der Waals surface area contributed by atoms with Crippen molar-refractivity contribution in [1.29, 1.82) is 0 Å². The van der Waals surface area contributed by atoms with Gasteiger partial charge in [-0.3, -0.25) is 4.79 Å². The first-order valence-electron chi connectivity index (χ1n) is 5.97. The summed E-state index contributed by atoms with van der Waals surface area (Å²) in [6.45, 7) is 2.83. The van der Waals surface area contributed by atoms with Gasteiger partial charge in [0, 0.05) is 25.3 Å². The maximum Gasteiger partial charge on any atom is 0.241 e. The standard InChI is InChI=1S/C13H18F2N2O/c1-3-4-7-17(2)13(18)9-16-10-5-6-11(14)12(15)8-10/h5-6,8,16H,3-4,7,9H2,1-2H3. The fourth-order valence-electron chi connectivity index (χ4n) is 1.44. The molecular formula is C13H18F2N2O. The number of amides is 1. The molecule has 0 spiro atoms. The molecule has 1 aromatic carbocycles. The van der Waals surface area contributed by atoms with E-state index in [2.05, 4.69) is 12.2 Å². The minimum absolute atomic E-state index is 0.0747. The summed E-state index contributed by atoms with van der Waals surface area (Å²) in [5.74, 6) is -1.90. The monoisotopic (exact) mass is 256 g/mol. The molecule has 0 aliphatic rings. The third-order valence-corrected chi connectivity index (χ3v) is 2.64. The normalized spacial score (nSPS) is 10.2. The van der Waals surface area contributed by atoms with Crippen molar-refractivity contribution in [3.05, 3.63) is 29.8 Å². The van der Waals surface area contributed by atoms with Crippen molar-refractivity contribution < 1.29 is 13.6 Å². The van der Waals surface area contributed by atoms with Gasteiger partial charge in [0.05, 0.1) is 6.54 Å². The van der Waals surface area contributed by atoms with Gasteiger partial charge >= 0.3 is 0 Å². The second-order valence-electron chi connectivity index (χ2n) is 4.15. The van der Waals surface area contributed by atoms with Gasteiger partial charge in [-0.1, -0.05) is 13.3 Å². The molecule has 1 rings (SSSR count). The van der Waals surface area contributed by atoms with Gasteiger partial charge in [0.2, 0.25) is 5.91 Å². The summed E-state index contributed by atoms with van der Waals surface area (Å²) in [5.41, 5.74) is 0.395. The van der Waals surface area contributed by atoms with Gasteiger partial charge < -0.3 is 10.2 Å². The van der Waals surface area contributed by atoms with Crippen LogP contribution in [-0.4, -0.2) is 30.9 Å². The highest BCUT2D eigenvalue weighted by Crippen LogP contribution is 2.12. The molecule has 1 aromatic rings. The van der Waals surface area contributed by atoms with E-state index < -0.39 is 11.6 Å². The quantitative estimate of drug-likeness (QED) is 0.848. The second-order valence-corrected chi connectivity index (χ2v) is 4.15. The fraction of sp³-hybridized carbons (Fsp3) is 0.462. The Morgan fingerprint density at radius 2 is 2.06 bits per heavy atom. The lowest BCUT2D eigenvalue weighted by molar-refractivity contribution is -0.128. The zero-order valence-electron chi connectivity index (χ0n) is 10.7. The Balaban J connectivity index is 2.44. The summed E-state index contributed by atoms with van der Waals surface area (Å²) in [6.07, 6.45) is 1.97. The number of hydrogen-bond acceptors (Lipinski definition) is 2. The minimum atomic E-state index is -0.924. The highest BCUT2D eigenvalue weighted by Gasteiger charge is 2.08. The van der Waals surface area contributed by atoms with E-state index in [1.165, 1.54) is 6.07 Å². The summed E-state index contributed by atoms with van der Waals surface area (Å²) >= 11 is 0. The first-order chi connectivity index (χ1) is 8.54. The largest absolute Gasteiger partial charge is 0.376 e. The first kappa shape index (κ1) is 14.4. The van der Waals surface area contributed by atoms with E-state index in [1.807, 2.05) is 0 Å². The molecule has 0 radical (unpaired) electrons. The van der Waals surface area contributed by atoms with E-state index in [0.29, 0.717) is 12.2 Å². The predicted octanol–water partition coefficient (Wildman–Crippen LogP) is 2.64. The summed E-state index contributed by atoms with van der Waals surface area (Å²) in [6, 6.07) is 3.47. The number of likely N-dealkylation sites (N-methyl/N-ethyl adjacent to an activating group) is 1. The molecular weight excluding hydrogens is 238 g/mol. The second kappa shape index (κ2) is 6.93. The zero-order valence-corrected chi connectivity index (χ0v) is 10.7. The predicted molar refractivity (Wildman–Crippen MR) is 67.4 cm³/mol. The number of nitrogens with one attached hydrogen (secondary N) is 1. The molecule has 0 fully saturated rings.